The quantitative estimate of drug-likeness (QED) is 0.890. The Bertz CT molecular complexity index is 382. The fourth-order valence-electron chi connectivity index (χ4n) is 1.96. The number of fused-ring (bicyclic) bond motifs is 1. The number of halogens is 2. The molecule has 16 heavy (non-hydrogen) atoms. The standard InChI is InChI=1S/C12H15Br2NO/c1-2-4-15-11-3-5-16-12-9(11)6-8(13)7-10(12)14/h6-7,11,15H,2-5H2,1H3. The molecule has 2 rings (SSSR count). The number of rotatable bonds is 3. The Labute approximate surface area is 113 Å². The Morgan fingerprint density at radius 2 is 2.25 bits per heavy atom. The second kappa shape index (κ2) is 5.52. The zero-order chi connectivity index (χ0) is 11.5. The first-order valence-electron chi connectivity index (χ1n) is 5.57. The molecular weight excluding hydrogens is 334 g/mol. The van der Waals surface area contributed by atoms with Gasteiger partial charge in [-0.25, -0.2) is 0 Å². The van der Waals surface area contributed by atoms with E-state index in [4.69, 9.17) is 4.74 Å². The largest absolute Gasteiger partial charge is 0.492 e. The lowest BCUT2D eigenvalue weighted by Crippen LogP contribution is -2.27. The zero-order valence-electron chi connectivity index (χ0n) is 9.22. The van der Waals surface area contributed by atoms with Gasteiger partial charge in [0.2, 0.25) is 0 Å². The summed E-state index contributed by atoms with van der Waals surface area (Å²) in [5.41, 5.74) is 1.25. The minimum atomic E-state index is 0.414. The molecule has 1 aromatic rings. The summed E-state index contributed by atoms with van der Waals surface area (Å²) in [6.07, 6.45) is 2.19. The third-order valence-corrected chi connectivity index (χ3v) is 3.75. The van der Waals surface area contributed by atoms with Crippen LogP contribution in [0.2, 0.25) is 0 Å². The Balaban J connectivity index is 2.30. The van der Waals surface area contributed by atoms with E-state index >= 15 is 0 Å². The highest BCUT2D eigenvalue weighted by atomic mass is 79.9. The smallest absolute Gasteiger partial charge is 0.138 e. The van der Waals surface area contributed by atoms with Crippen molar-refractivity contribution < 1.29 is 4.74 Å². The van der Waals surface area contributed by atoms with Crippen molar-refractivity contribution in [1.29, 1.82) is 0 Å². The second-order valence-corrected chi connectivity index (χ2v) is 5.72. The summed E-state index contributed by atoms with van der Waals surface area (Å²) in [7, 11) is 0. The van der Waals surface area contributed by atoms with Gasteiger partial charge in [-0.05, 0) is 41.0 Å². The van der Waals surface area contributed by atoms with Gasteiger partial charge in [-0.3, -0.25) is 0 Å². The summed E-state index contributed by atoms with van der Waals surface area (Å²) < 4.78 is 7.83. The van der Waals surface area contributed by atoms with E-state index in [2.05, 4.69) is 50.2 Å². The lowest BCUT2D eigenvalue weighted by molar-refractivity contribution is 0.251. The Kier molecular flexibility index (Phi) is 4.27. The Hall–Kier alpha value is -0.0600. The normalized spacial score (nSPS) is 19.1. The molecule has 0 aliphatic carbocycles. The van der Waals surface area contributed by atoms with Crippen LogP contribution in [0.25, 0.3) is 0 Å². The summed E-state index contributed by atoms with van der Waals surface area (Å²) in [4.78, 5) is 0. The number of ether oxygens (including phenoxy) is 1. The van der Waals surface area contributed by atoms with E-state index in [1.807, 2.05) is 6.07 Å². The van der Waals surface area contributed by atoms with E-state index in [9.17, 15) is 0 Å². The molecular formula is C12H15Br2NO. The van der Waals surface area contributed by atoms with Crippen molar-refractivity contribution in [3.8, 4) is 5.75 Å². The van der Waals surface area contributed by atoms with Crippen molar-refractivity contribution in [2.45, 2.75) is 25.8 Å². The minimum absolute atomic E-state index is 0.414. The van der Waals surface area contributed by atoms with Crippen molar-refractivity contribution >= 4 is 31.9 Å². The SMILES string of the molecule is CCCNC1CCOc2c(Br)cc(Br)cc21. The van der Waals surface area contributed by atoms with Gasteiger partial charge in [0.05, 0.1) is 11.1 Å². The van der Waals surface area contributed by atoms with Crippen LogP contribution in [0, 0.1) is 0 Å². The average Bonchev–Trinajstić information content (AvgIpc) is 2.26. The van der Waals surface area contributed by atoms with E-state index < -0.39 is 0 Å². The van der Waals surface area contributed by atoms with Crippen molar-refractivity contribution in [1.82, 2.24) is 5.32 Å². The second-order valence-electron chi connectivity index (χ2n) is 3.95. The van der Waals surface area contributed by atoms with Gasteiger partial charge in [-0.15, -0.1) is 0 Å². The van der Waals surface area contributed by atoms with Crippen LogP contribution >= 0.6 is 31.9 Å². The fourth-order valence-corrected chi connectivity index (χ4v) is 3.33. The molecule has 0 radical (unpaired) electrons. The van der Waals surface area contributed by atoms with E-state index in [1.54, 1.807) is 0 Å². The highest BCUT2D eigenvalue weighted by Crippen LogP contribution is 2.40. The lowest BCUT2D eigenvalue weighted by atomic mass is 10.0. The van der Waals surface area contributed by atoms with E-state index in [0.717, 1.165) is 40.7 Å². The lowest BCUT2D eigenvalue weighted by Gasteiger charge is -2.27. The molecule has 1 aliphatic rings. The predicted molar refractivity (Wildman–Crippen MR) is 73.0 cm³/mol. The van der Waals surface area contributed by atoms with E-state index in [-0.39, 0.29) is 0 Å². The first-order chi connectivity index (χ1) is 7.72. The first kappa shape index (κ1) is 12.4. The summed E-state index contributed by atoms with van der Waals surface area (Å²) >= 11 is 7.07. The molecule has 1 unspecified atom stereocenters. The van der Waals surface area contributed by atoms with Crippen LogP contribution in [0.4, 0.5) is 0 Å². The summed E-state index contributed by atoms with van der Waals surface area (Å²) in [5.74, 6) is 0.989. The summed E-state index contributed by atoms with van der Waals surface area (Å²) in [6, 6.07) is 4.59. The average molecular weight is 349 g/mol. The summed E-state index contributed by atoms with van der Waals surface area (Å²) in [5, 5.41) is 3.56. The van der Waals surface area contributed by atoms with Gasteiger partial charge in [0.25, 0.3) is 0 Å². The van der Waals surface area contributed by atoms with Gasteiger partial charge in [0.1, 0.15) is 5.75 Å². The Morgan fingerprint density at radius 1 is 1.44 bits per heavy atom. The van der Waals surface area contributed by atoms with Crippen LogP contribution in [0.15, 0.2) is 21.1 Å². The topological polar surface area (TPSA) is 21.3 Å². The molecule has 0 fully saturated rings. The van der Waals surface area contributed by atoms with Crippen molar-refractivity contribution in [3.63, 3.8) is 0 Å². The predicted octanol–water partition coefficient (Wildman–Crippen LogP) is 4.03. The van der Waals surface area contributed by atoms with Crippen LogP contribution < -0.4 is 10.1 Å². The third-order valence-electron chi connectivity index (χ3n) is 2.71. The number of hydrogen-bond acceptors (Lipinski definition) is 2. The summed E-state index contributed by atoms with van der Waals surface area (Å²) in [6.45, 7) is 4.02. The maximum absolute atomic E-state index is 5.71. The molecule has 1 aliphatic heterocycles. The molecule has 1 aromatic carbocycles. The monoisotopic (exact) mass is 347 g/mol. The van der Waals surface area contributed by atoms with Gasteiger partial charge >= 0.3 is 0 Å². The molecule has 0 saturated heterocycles. The minimum Gasteiger partial charge on any atom is -0.492 e. The molecule has 0 bridgehead atoms. The molecule has 2 nitrogen and oxygen atoms in total. The van der Waals surface area contributed by atoms with Crippen molar-refractivity contribution in [2.75, 3.05) is 13.2 Å². The maximum Gasteiger partial charge on any atom is 0.138 e. The highest BCUT2D eigenvalue weighted by molar-refractivity contribution is 9.11. The van der Waals surface area contributed by atoms with Gasteiger partial charge in [0, 0.05) is 22.5 Å². The molecule has 1 N–H and O–H groups in total. The van der Waals surface area contributed by atoms with Crippen LogP contribution in [0.1, 0.15) is 31.4 Å². The number of benzene rings is 1. The molecule has 0 amide bonds. The van der Waals surface area contributed by atoms with E-state index in [1.165, 1.54) is 5.56 Å². The molecule has 0 aromatic heterocycles. The van der Waals surface area contributed by atoms with Gasteiger partial charge in [-0.2, -0.15) is 0 Å². The van der Waals surface area contributed by atoms with Crippen LogP contribution in [0.3, 0.4) is 0 Å². The molecule has 1 atom stereocenters. The molecule has 88 valence electrons. The van der Waals surface area contributed by atoms with Gasteiger partial charge < -0.3 is 10.1 Å². The Morgan fingerprint density at radius 3 is 3.00 bits per heavy atom. The number of hydrogen-bond donors (Lipinski definition) is 1. The van der Waals surface area contributed by atoms with Crippen LogP contribution in [-0.4, -0.2) is 13.2 Å². The molecule has 0 saturated carbocycles. The van der Waals surface area contributed by atoms with E-state index in [0.29, 0.717) is 6.04 Å². The molecule has 0 spiro atoms. The van der Waals surface area contributed by atoms with Gasteiger partial charge in [-0.1, -0.05) is 22.9 Å². The number of nitrogens with one attached hydrogen (secondary N) is 1. The maximum atomic E-state index is 5.71. The third kappa shape index (κ3) is 2.60. The fraction of sp³-hybridized carbons (Fsp3) is 0.500. The van der Waals surface area contributed by atoms with Crippen LogP contribution in [-0.2, 0) is 0 Å². The zero-order valence-corrected chi connectivity index (χ0v) is 12.4. The van der Waals surface area contributed by atoms with Crippen LogP contribution in [0.5, 0.6) is 5.75 Å². The van der Waals surface area contributed by atoms with Crippen molar-refractivity contribution in [2.24, 2.45) is 0 Å². The highest BCUT2D eigenvalue weighted by Gasteiger charge is 2.23. The van der Waals surface area contributed by atoms with Crippen molar-refractivity contribution in [3.05, 3.63) is 26.6 Å². The molecule has 4 heteroatoms. The van der Waals surface area contributed by atoms with Gasteiger partial charge in [0.15, 0.2) is 0 Å². The molecule has 1 heterocycles. The first-order valence-corrected chi connectivity index (χ1v) is 7.16.